The molecule has 2 amide bonds. The van der Waals surface area contributed by atoms with Crippen LogP contribution in [0, 0.1) is 5.41 Å². The molecule has 0 bridgehead atoms. The Morgan fingerprint density at radius 2 is 1.57 bits per heavy atom. The Hall–Kier alpha value is -2.82. The molecule has 0 spiro atoms. The Balaban J connectivity index is 1.41. The van der Waals surface area contributed by atoms with Crippen LogP contribution < -0.4 is 15.5 Å². The van der Waals surface area contributed by atoms with Crippen LogP contribution in [-0.4, -0.2) is 24.9 Å². The van der Waals surface area contributed by atoms with Crippen LogP contribution in [0.5, 0.6) is 0 Å². The summed E-state index contributed by atoms with van der Waals surface area (Å²) in [4.78, 5) is 28.0. The topological polar surface area (TPSA) is 61.4 Å². The number of hydrogen-bond acceptors (Lipinski definition) is 3. The van der Waals surface area contributed by atoms with Crippen molar-refractivity contribution in [3.8, 4) is 0 Å². The third-order valence-corrected chi connectivity index (χ3v) is 5.86. The Morgan fingerprint density at radius 1 is 0.929 bits per heavy atom. The number of nitrogens with one attached hydrogen (secondary N) is 2. The van der Waals surface area contributed by atoms with Gasteiger partial charge in [0.15, 0.2) is 0 Å². The molecule has 1 heterocycles. The van der Waals surface area contributed by atoms with Gasteiger partial charge in [-0.3, -0.25) is 9.59 Å². The van der Waals surface area contributed by atoms with Crippen molar-refractivity contribution in [3.05, 3.63) is 54.1 Å². The zero-order valence-corrected chi connectivity index (χ0v) is 16.3. The molecule has 0 atom stereocenters. The van der Waals surface area contributed by atoms with Crippen LogP contribution in [0.25, 0.3) is 0 Å². The van der Waals surface area contributed by atoms with Gasteiger partial charge in [0, 0.05) is 30.2 Å². The van der Waals surface area contributed by atoms with Gasteiger partial charge in [-0.1, -0.05) is 25.1 Å². The highest BCUT2D eigenvalue weighted by Crippen LogP contribution is 2.47. The van der Waals surface area contributed by atoms with Crippen molar-refractivity contribution in [2.75, 3.05) is 28.6 Å². The van der Waals surface area contributed by atoms with E-state index in [0.29, 0.717) is 12.8 Å². The van der Waals surface area contributed by atoms with Crippen LogP contribution in [0.2, 0.25) is 0 Å². The minimum atomic E-state index is -0.950. The molecule has 1 saturated carbocycles. The lowest BCUT2D eigenvalue weighted by Gasteiger charge is -2.19. The van der Waals surface area contributed by atoms with E-state index in [4.69, 9.17) is 0 Å². The molecule has 1 aliphatic heterocycles. The van der Waals surface area contributed by atoms with Gasteiger partial charge < -0.3 is 15.5 Å². The van der Waals surface area contributed by atoms with E-state index in [1.165, 1.54) is 18.5 Å². The largest absolute Gasteiger partial charge is 0.372 e. The molecule has 4 rings (SSSR count). The zero-order chi connectivity index (χ0) is 19.6. The molecule has 0 unspecified atom stereocenters. The molecule has 146 valence electrons. The van der Waals surface area contributed by atoms with Crippen molar-refractivity contribution in [2.45, 2.75) is 39.0 Å². The average molecular weight is 377 g/mol. The molecule has 2 aliphatic rings. The van der Waals surface area contributed by atoms with Crippen LogP contribution in [-0.2, 0) is 16.0 Å². The summed E-state index contributed by atoms with van der Waals surface area (Å²) in [5.74, 6) is -0.424. The maximum absolute atomic E-state index is 12.8. The summed E-state index contributed by atoms with van der Waals surface area (Å²) in [6.07, 6.45) is 4.48. The number of hydrogen-bond donors (Lipinski definition) is 2. The smallest absolute Gasteiger partial charge is 0.240 e. The fourth-order valence-corrected chi connectivity index (χ4v) is 3.86. The molecule has 28 heavy (non-hydrogen) atoms. The summed E-state index contributed by atoms with van der Waals surface area (Å²) in [6.45, 7) is 4.23. The number of carbonyl (C=O) groups excluding carboxylic acids is 2. The molecule has 5 heteroatoms. The quantitative estimate of drug-likeness (QED) is 0.742. The summed E-state index contributed by atoms with van der Waals surface area (Å²) in [5.41, 5.74) is 2.84. The molecule has 0 aromatic heterocycles. The van der Waals surface area contributed by atoms with Crippen LogP contribution >= 0.6 is 0 Å². The number of amides is 2. The first-order valence-electron chi connectivity index (χ1n) is 10.2. The van der Waals surface area contributed by atoms with Crippen LogP contribution in [0.15, 0.2) is 48.5 Å². The molecule has 2 fully saturated rings. The van der Waals surface area contributed by atoms with Crippen LogP contribution in [0.3, 0.4) is 0 Å². The van der Waals surface area contributed by atoms with Gasteiger partial charge in [-0.05, 0) is 68.0 Å². The van der Waals surface area contributed by atoms with Gasteiger partial charge in [0.1, 0.15) is 5.41 Å². The predicted molar refractivity (Wildman–Crippen MR) is 113 cm³/mol. The second kappa shape index (κ2) is 7.66. The lowest BCUT2D eigenvalue weighted by molar-refractivity contribution is -0.131. The fourth-order valence-electron chi connectivity index (χ4n) is 3.86. The lowest BCUT2D eigenvalue weighted by Crippen LogP contribution is -2.35. The highest BCUT2D eigenvalue weighted by Gasteiger charge is 2.56. The second-order valence-electron chi connectivity index (χ2n) is 7.74. The van der Waals surface area contributed by atoms with Crippen molar-refractivity contribution in [2.24, 2.45) is 5.41 Å². The van der Waals surface area contributed by atoms with Gasteiger partial charge in [-0.15, -0.1) is 0 Å². The number of benzene rings is 2. The van der Waals surface area contributed by atoms with Gasteiger partial charge >= 0.3 is 0 Å². The summed E-state index contributed by atoms with van der Waals surface area (Å²) < 4.78 is 0. The Morgan fingerprint density at radius 3 is 2.21 bits per heavy atom. The number of nitrogens with zero attached hydrogens (tertiary/aromatic N) is 1. The molecule has 2 aromatic carbocycles. The second-order valence-corrected chi connectivity index (χ2v) is 7.74. The van der Waals surface area contributed by atoms with E-state index in [1.807, 2.05) is 48.5 Å². The van der Waals surface area contributed by atoms with Crippen molar-refractivity contribution >= 4 is 28.9 Å². The van der Waals surface area contributed by atoms with E-state index >= 15 is 0 Å². The average Bonchev–Trinajstić information content (AvgIpc) is 3.36. The number of aryl methyl sites for hydroxylation is 1. The van der Waals surface area contributed by atoms with Crippen molar-refractivity contribution in [3.63, 3.8) is 0 Å². The Kier molecular flexibility index (Phi) is 5.07. The maximum atomic E-state index is 12.8. The van der Waals surface area contributed by atoms with Gasteiger partial charge in [-0.2, -0.15) is 0 Å². The SMILES string of the molecule is CCc1ccccc1NC(=O)C1(C(=O)Nc2ccc(N3CCCC3)cc2)CC1. The molecule has 2 N–H and O–H groups in total. The lowest BCUT2D eigenvalue weighted by atomic mass is 10.0. The molecule has 5 nitrogen and oxygen atoms in total. The first-order chi connectivity index (χ1) is 13.6. The predicted octanol–water partition coefficient (Wildman–Crippen LogP) is 4.21. The summed E-state index contributed by atoms with van der Waals surface area (Å²) in [6, 6.07) is 15.7. The van der Waals surface area contributed by atoms with E-state index in [9.17, 15) is 9.59 Å². The molecule has 2 aromatic rings. The van der Waals surface area contributed by atoms with E-state index < -0.39 is 5.41 Å². The van der Waals surface area contributed by atoms with Gasteiger partial charge in [0.05, 0.1) is 0 Å². The van der Waals surface area contributed by atoms with E-state index in [-0.39, 0.29) is 11.8 Å². The number of anilines is 3. The summed E-state index contributed by atoms with van der Waals surface area (Å²) in [5, 5.41) is 5.91. The third kappa shape index (κ3) is 3.61. The number of carbonyl (C=O) groups is 2. The molecule has 1 aliphatic carbocycles. The Labute approximate surface area is 166 Å². The number of rotatable bonds is 6. The van der Waals surface area contributed by atoms with Crippen molar-refractivity contribution in [1.29, 1.82) is 0 Å². The van der Waals surface area contributed by atoms with Gasteiger partial charge in [0.2, 0.25) is 11.8 Å². The third-order valence-electron chi connectivity index (χ3n) is 5.86. The summed E-state index contributed by atoms with van der Waals surface area (Å²) >= 11 is 0. The number of para-hydroxylation sites is 1. The minimum absolute atomic E-state index is 0.209. The Bertz CT molecular complexity index is 866. The van der Waals surface area contributed by atoms with Crippen LogP contribution in [0.4, 0.5) is 17.1 Å². The van der Waals surface area contributed by atoms with Crippen molar-refractivity contribution < 1.29 is 9.59 Å². The monoisotopic (exact) mass is 377 g/mol. The van der Waals surface area contributed by atoms with Crippen molar-refractivity contribution in [1.82, 2.24) is 0 Å². The molecule has 1 saturated heterocycles. The zero-order valence-electron chi connectivity index (χ0n) is 16.3. The maximum Gasteiger partial charge on any atom is 0.240 e. The summed E-state index contributed by atoms with van der Waals surface area (Å²) in [7, 11) is 0. The highest BCUT2D eigenvalue weighted by atomic mass is 16.2. The fraction of sp³-hybridized carbons (Fsp3) is 0.391. The van der Waals surface area contributed by atoms with E-state index in [1.54, 1.807) is 0 Å². The first-order valence-corrected chi connectivity index (χ1v) is 10.2. The van der Waals surface area contributed by atoms with E-state index in [0.717, 1.165) is 36.4 Å². The molecule has 0 radical (unpaired) electrons. The van der Waals surface area contributed by atoms with Gasteiger partial charge in [-0.25, -0.2) is 0 Å². The highest BCUT2D eigenvalue weighted by molar-refractivity contribution is 6.17. The first kappa shape index (κ1) is 18.5. The normalized spacial score (nSPS) is 17.2. The molecular weight excluding hydrogens is 350 g/mol. The molecular formula is C23H27N3O2. The standard InChI is InChI=1S/C23H27N3O2/c1-2-17-7-3-4-8-20(17)25-22(28)23(13-14-23)21(27)24-18-9-11-19(12-10-18)26-15-5-6-16-26/h3-4,7-12H,2,5-6,13-16H2,1H3,(H,24,27)(H,25,28). The van der Waals surface area contributed by atoms with Gasteiger partial charge in [0.25, 0.3) is 0 Å². The van der Waals surface area contributed by atoms with E-state index in [2.05, 4.69) is 22.5 Å². The van der Waals surface area contributed by atoms with Crippen LogP contribution in [0.1, 0.15) is 38.2 Å². The minimum Gasteiger partial charge on any atom is -0.372 e.